The zero-order valence-electron chi connectivity index (χ0n) is 12.3. The van der Waals surface area contributed by atoms with Crippen LogP contribution in [-0.2, 0) is 14.8 Å². The van der Waals surface area contributed by atoms with Crippen LogP contribution >= 0.6 is 11.6 Å². The van der Waals surface area contributed by atoms with Crippen LogP contribution in [0, 0.1) is 0 Å². The standard InChI is InChI=1S/C15H19ClN2O3S/c1-4-10-18(11-5-2)15(19)12(3)17-22(20,21)14-8-6-13(16)7-9-14/h4-9,12,17H,1-2,10-11H2,3H3/t12-/m0/s1. The molecule has 0 aliphatic carbocycles. The van der Waals surface area contributed by atoms with Gasteiger partial charge in [-0.05, 0) is 31.2 Å². The second-order valence-corrected chi connectivity index (χ2v) is 6.77. The molecule has 22 heavy (non-hydrogen) atoms. The van der Waals surface area contributed by atoms with Gasteiger partial charge in [-0.25, -0.2) is 8.42 Å². The van der Waals surface area contributed by atoms with E-state index in [0.717, 1.165) is 0 Å². The molecule has 0 aliphatic heterocycles. The number of rotatable bonds is 8. The molecule has 1 aromatic rings. The van der Waals surface area contributed by atoms with Gasteiger partial charge in [0, 0.05) is 18.1 Å². The minimum Gasteiger partial charge on any atom is -0.334 e. The van der Waals surface area contributed by atoms with Crippen molar-refractivity contribution < 1.29 is 13.2 Å². The number of hydrogen-bond donors (Lipinski definition) is 1. The predicted molar refractivity (Wildman–Crippen MR) is 88.2 cm³/mol. The Morgan fingerprint density at radius 2 is 1.77 bits per heavy atom. The number of benzene rings is 1. The third-order valence-electron chi connectivity index (χ3n) is 2.84. The number of carbonyl (C=O) groups is 1. The van der Waals surface area contributed by atoms with Gasteiger partial charge in [-0.1, -0.05) is 23.8 Å². The molecule has 0 unspecified atom stereocenters. The van der Waals surface area contributed by atoms with E-state index in [2.05, 4.69) is 17.9 Å². The zero-order chi connectivity index (χ0) is 16.8. The molecule has 0 heterocycles. The van der Waals surface area contributed by atoms with Crippen molar-refractivity contribution in [3.8, 4) is 0 Å². The Bertz CT molecular complexity index is 631. The monoisotopic (exact) mass is 342 g/mol. The quantitative estimate of drug-likeness (QED) is 0.736. The highest BCUT2D eigenvalue weighted by Gasteiger charge is 2.24. The fourth-order valence-electron chi connectivity index (χ4n) is 1.80. The SMILES string of the molecule is C=CCN(CC=C)C(=O)[C@H](C)NS(=O)(=O)c1ccc(Cl)cc1. The van der Waals surface area contributed by atoms with Crippen molar-refractivity contribution in [1.29, 1.82) is 0 Å². The van der Waals surface area contributed by atoms with Crippen molar-refractivity contribution in [3.63, 3.8) is 0 Å². The first-order chi connectivity index (χ1) is 10.3. The van der Waals surface area contributed by atoms with Crippen molar-refractivity contribution >= 4 is 27.5 Å². The van der Waals surface area contributed by atoms with Gasteiger partial charge in [-0.3, -0.25) is 4.79 Å². The van der Waals surface area contributed by atoms with Gasteiger partial charge >= 0.3 is 0 Å². The summed E-state index contributed by atoms with van der Waals surface area (Å²) in [5, 5.41) is 0.436. The highest BCUT2D eigenvalue weighted by molar-refractivity contribution is 7.89. The van der Waals surface area contributed by atoms with Crippen molar-refractivity contribution in [3.05, 3.63) is 54.6 Å². The van der Waals surface area contributed by atoms with Gasteiger partial charge in [-0.15, -0.1) is 13.2 Å². The van der Waals surface area contributed by atoms with E-state index in [-0.39, 0.29) is 10.8 Å². The smallest absolute Gasteiger partial charge is 0.241 e. The average molecular weight is 343 g/mol. The summed E-state index contributed by atoms with van der Waals surface area (Å²) in [7, 11) is -3.79. The number of nitrogens with zero attached hydrogens (tertiary/aromatic N) is 1. The molecule has 0 spiro atoms. The molecule has 7 heteroatoms. The summed E-state index contributed by atoms with van der Waals surface area (Å²) >= 11 is 5.73. The molecule has 0 radical (unpaired) electrons. The van der Waals surface area contributed by atoms with Crippen LogP contribution in [-0.4, -0.2) is 38.4 Å². The Hall–Kier alpha value is -1.63. The summed E-state index contributed by atoms with van der Waals surface area (Å²) in [5.41, 5.74) is 0. The summed E-state index contributed by atoms with van der Waals surface area (Å²) in [4.78, 5) is 13.8. The van der Waals surface area contributed by atoms with E-state index >= 15 is 0 Å². The second-order valence-electron chi connectivity index (χ2n) is 4.62. The summed E-state index contributed by atoms with van der Waals surface area (Å²) < 4.78 is 26.8. The highest BCUT2D eigenvalue weighted by atomic mass is 35.5. The molecule has 1 rings (SSSR count). The van der Waals surface area contributed by atoms with Crippen LogP contribution in [0.2, 0.25) is 5.02 Å². The summed E-state index contributed by atoms with van der Waals surface area (Å²) in [6.45, 7) is 9.28. The molecule has 0 aliphatic rings. The minimum absolute atomic E-state index is 0.0514. The van der Waals surface area contributed by atoms with Crippen molar-refractivity contribution in [2.75, 3.05) is 13.1 Å². The number of nitrogens with one attached hydrogen (secondary N) is 1. The first-order valence-corrected chi connectivity index (χ1v) is 8.46. The normalized spacial score (nSPS) is 12.5. The van der Waals surface area contributed by atoms with Gasteiger partial charge in [0.25, 0.3) is 0 Å². The fraction of sp³-hybridized carbons (Fsp3) is 0.267. The highest BCUT2D eigenvalue weighted by Crippen LogP contribution is 2.14. The average Bonchev–Trinajstić information content (AvgIpc) is 2.46. The lowest BCUT2D eigenvalue weighted by atomic mass is 10.3. The molecule has 0 aromatic heterocycles. The summed E-state index contributed by atoms with van der Waals surface area (Å²) in [6.07, 6.45) is 3.14. The lowest BCUT2D eigenvalue weighted by Crippen LogP contribution is -2.47. The molecule has 1 atom stereocenters. The first-order valence-electron chi connectivity index (χ1n) is 6.60. The van der Waals surface area contributed by atoms with Crippen LogP contribution in [0.4, 0.5) is 0 Å². The molecular weight excluding hydrogens is 324 g/mol. The Morgan fingerprint density at radius 3 is 2.23 bits per heavy atom. The maximum atomic E-state index is 12.3. The lowest BCUT2D eigenvalue weighted by Gasteiger charge is -2.23. The maximum Gasteiger partial charge on any atom is 0.241 e. The third-order valence-corrected chi connectivity index (χ3v) is 4.65. The van der Waals surface area contributed by atoms with E-state index in [9.17, 15) is 13.2 Å². The molecule has 0 saturated carbocycles. The molecule has 0 saturated heterocycles. The van der Waals surface area contributed by atoms with E-state index in [0.29, 0.717) is 18.1 Å². The fourth-order valence-corrected chi connectivity index (χ4v) is 3.13. The lowest BCUT2D eigenvalue weighted by molar-refractivity contribution is -0.131. The Morgan fingerprint density at radius 1 is 1.27 bits per heavy atom. The van der Waals surface area contributed by atoms with Crippen LogP contribution < -0.4 is 4.72 Å². The zero-order valence-corrected chi connectivity index (χ0v) is 13.9. The topological polar surface area (TPSA) is 66.5 Å². The van der Waals surface area contributed by atoms with Crippen molar-refractivity contribution in [1.82, 2.24) is 9.62 Å². The summed E-state index contributed by atoms with van der Waals surface area (Å²) in [5.74, 6) is -0.350. The van der Waals surface area contributed by atoms with Crippen molar-refractivity contribution in [2.24, 2.45) is 0 Å². The van der Waals surface area contributed by atoms with Gasteiger partial charge in [0.2, 0.25) is 15.9 Å². The Labute approximate surface area is 136 Å². The molecule has 0 fully saturated rings. The van der Waals surface area contributed by atoms with E-state index in [1.165, 1.54) is 36.1 Å². The molecule has 1 N–H and O–H groups in total. The van der Waals surface area contributed by atoms with Crippen LogP contribution in [0.5, 0.6) is 0 Å². The predicted octanol–water partition coefficient (Wildman–Crippen LogP) is 2.21. The number of sulfonamides is 1. The molecule has 5 nitrogen and oxygen atoms in total. The van der Waals surface area contributed by atoms with Gasteiger partial charge in [-0.2, -0.15) is 4.72 Å². The van der Waals surface area contributed by atoms with Gasteiger partial charge in [0.05, 0.1) is 10.9 Å². The first kappa shape index (κ1) is 18.4. The van der Waals surface area contributed by atoms with E-state index < -0.39 is 16.1 Å². The largest absolute Gasteiger partial charge is 0.334 e. The molecule has 1 amide bonds. The van der Waals surface area contributed by atoms with Crippen molar-refractivity contribution in [2.45, 2.75) is 17.9 Å². The van der Waals surface area contributed by atoms with Crippen LogP contribution in [0.3, 0.4) is 0 Å². The number of hydrogen-bond acceptors (Lipinski definition) is 3. The maximum absolute atomic E-state index is 12.3. The van der Waals surface area contributed by atoms with E-state index in [1.807, 2.05) is 0 Å². The van der Waals surface area contributed by atoms with Crippen LogP contribution in [0.15, 0.2) is 54.5 Å². The Kier molecular flexibility index (Phi) is 6.80. The molecule has 120 valence electrons. The minimum atomic E-state index is -3.79. The van der Waals surface area contributed by atoms with Crippen LogP contribution in [0.1, 0.15) is 6.92 Å². The Balaban J connectivity index is 2.87. The van der Waals surface area contributed by atoms with Gasteiger partial charge < -0.3 is 4.90 Å². The number of halogens is 1. The molecule has 0 bridgehead atoms. The number of amides is 1. The van der Waals surface area contributed by atoms with E-state index in [1.54, 1.807) is 12.2 Å². The van der Waals surface area contributed by atoms with Gasteiger partial charge in [0.1, 0.15) is 0 Å². The third kappa shape index (κ3) is 4.98. The van der Waals surface area contributed by atoms with Crippen LogP contribution in [0.25, 0.3) is 0 Å². The van der Waals surface area contributed by atoms with E-state index in [4.69, 9.17) is 11.6 Å². The molecule has 1 aromatic carbocycles. The molecular formula is C15H19ClN2O3S. The number of carbonyl (C=O) groups excluding carboxylic acids is 1. The summed E-state index contributed by atoms with van der Waals surface area (Å²) in [6, 6.07) is 4.81. The van der Waals surface area contributed by atoms with Gasteiger partial charge in [0.15, 0.2) is 0 Å². The second kappa shape index (κ2) is 8.12.